The summed E-state index contributed by atoms with van der Waals surface area (Å²) in [5.41, 5.74) is 2.96. The lowest BCUT2D eigenvalue weighted by atomic mass is 10.1. The Balaban J connectivity index is 2.02. The van der Waals surface area contributed by atoms with Crippen LogP contribution in [0.4, 0.5) is 5.69 Å². The SMILES string of the molecule is COc1ccc(CN(Cc2ccc(Br)cc2)c2cc(OC)c(OC)c(OC)c2)cc1O. The zero-order chi connectivity index (χ0) is 22.4. The van der Waals surface area contributed by atoms with Crippen molar-refractivity contribution in [1.82, 2.24) is 0 Å². The Bertz CT molecular complexity index is 998. The van der Waals surface area contributed by atoms with E-state index in [2.05, 4.69) is 33.0 Å². The highest BCUT2D eigenvalue weighted by atomic mass is 79.9. The van der Waals surface area contributed by atoms with E-state index in [9.17, 15) is 5.11 Å². The highest BCUT2D eigenvalue weighted by Gasteiger charge is 2.18. The Labute approximate surface area is 191 Å². The van der Waals surface area contributed by atoms with Gasteiger partial charge in [-0.15, -0.1) is 0 Å². The van der Waals surface area contributed by atoms with E-state index in [0.717, 1.165) is 21.3 Å². The van der Waals surface area contributed by atoms with Gasteiger partial charge in [0.05, 0.1) is 28.4 Å². The van der Waals surface area contributed by atoms with Gasteiger partial charge in [-0.2, -0.15) is 0 Å². The fraction of sp³-hybridized carbons (Fsp3) is 0.250. The van der Waals surface area contributed by atoms with Crippen molar-refractivity contribution in [3.63, 3.8) is 0 Å². The molecule has 0 spiro atoms. The quantitative estimate of drug-likeness (QED) is 0.436. The number of halogens is 1. The van der Waals surface area contributed by atoms with Gasteiger partial charge in [0.1, 0.15) is 0 Å². The molecule has 0 bridgehead atoms. The standard InChI is InChI=1S/C24H26BrNO5/c1-28-21-10-7-17(11-20(21)27)15-26(14-16-5-8-18(25)9-6-16)19-12-22(29-2)24(31-4)23(13-19)30-3/h5-13,27H,14-15H2,1-4H3. The molecule has 6 nitrogen and oxygen atoms in total. The predicted octanol–water partition coefficient (Wildman–Crippen LogP) is 5.40. The van der Waals surface area contributed by atoms with Gasteiger partial charge in [0.2, 0.25) is 5.75 Å². The first kappa shape index (κ1) is 22.6. The molecule has 3 aromatic rings. The molecular weight excluding hydrogens is 462 g/mol. The molecule has 0 amide bonds. The molecular formula is C24H26BrNO5. The fourth-order valence-corrected chi connectivity index (χ4v) is 3.62. The summed E-state index contributed by atoms with van der Waals surface area (Å²) >= 11 is 3.49. The Morgan fingerprint density at radius 1 is 0.710 bits per heavy atom. The van der Waals surface area contributed by atoms with Crippen molar-refractivity contribution < 1.29 is 24.1 Å². The molecule has 0 aliphatic carbocycles. The molecule has 0 heterocycles. The minimum Gasteiger partial charge on any atom is -0.504 e. The monoisotopic (exact) mass is 487 g/mol. The maximum absolute atomic E-state index is 10.2. The maximum Gasteiger partial charge on any atom is 0.203 e. The van der Waals surface area contributed by atoms with Crippen LogP contribution in [0.5, 0.6) is 28.7 Å². The summed E-state index contributed by atoms with van der Waals surface area (Å²) in [6.45, 7) is 1.19. The molecule has 0 aliphatic rings. The van der Waals surface area contributed by atoms with Crippen molar-refractivity contribution in [1.29, 1.82) is 0 Å². The number of nitrogens with zero attached hydrogens (tertiary/aromatic N) is 1. The first-order chi connectivity index (χ1) is 15.0. The minimum atomic E-state index is 0.105. The Morgan fingerprint density at radius 2 is 1.26 bits per heavy atom. The smallest absolute Gasteiger partial charge is 0.203 e. The van der Waals surface area contributed by atoms with Gasteiger partial charge in [0.15, 0.2) is 23.0 Å². The number of phenols is 1. The van der Waals surface area contributed by atoms with Crippen LogP contribution in [-0.4, -0.2) is 33.5 Å². The van der Waals surface area contributed by atoms with Crippen LogP contribution in [0.25, 0.3) is 0 Å². The molecule has 0 saturated heterocycles. The molecule has 0 saturated carbocycles. The lowest BCUT2D eigenvalue weighted by Gasteiger charge is -2.27. The zero-order valence-corrected chi connectivity index (χ0v) is 19.6. The van der Waals surface area contributed by atoms with Crippen LogP contribution in [0.2, 0.25) is 0 Å². The van der Waals surface area contributed by atoms with E-state index in [1.165, 1.54) is 7.11 Å². The third-order valence-electron chi connectivity index (χ3n) is 4.92. The Kier molecular flexibility index (Phi) is 7.52. The lowest BCUT2D eigenvalue weighted by molar-refractivity contribution is 0.324. The van der Waals surface area contributed by atoms with Crippen LogP contribution in [-0.2, 0) is 13.1 Å². The van der Waals surface area contributed by atoms with Crippen LogP contribution < -0.4 is 23.8 Å². The van der Waals surface area contributed by atoms with Crippen molar-refractivity contribution in [3.8, 4) is 28.7 Å². The van der Waals surface area contributed by atoms with Crippen LogP contribution in [0.3, 0.4) is 0 Å². The number of anilines is 1. The molecule has 0 radical (unpaired) electrons. The van der Waals surface area contributed by atoms with Gasteiger partial charge < -0.3 is 29.0 Å². The molecule has 0 atom stereocenters. The van der Waals surface area contributed by atoms with E-state index in [1.807, 2.05) is 30.3 Å². The molecule has 164 valence electrons. The summed E-state index contributed by atoms with van der Waals surface area (Å²) in [7, 11) is 6.31. The molecule has 1 N–H and O–H groups in total. The van der Waals surface area contributed by atoms with E-state index >= 15 is 0 Å². The van der Waals surface area contributed by atoms with E-state index in [1.54, 1.807) is 33.5 Å². The van der Waals surface area contributed by atoms with Gasteiger partial charge in [-0.3, -0.25) is 0 Å². The zero-order valence-electron chi connectivity index (χ0n) is 18.0. The second kappa shape index (κ2) is 10.3. The lowest BCUT2D eigenvalue weighted by Crippen LogP contribution is -2.22. The topological polar surface area (TPSA) is 60.4 Å². The summed E-state index contributed by atoms with van der Waals surface area (Å²) in [5, 5.41) is 10.2. The second-order valence-electron chi connectivity index (χ2n) is 6.87. The number of rotatable bonds is 9. The summed E-state index contributed by atoms with van der Waals surface area (Å²) in [4.78, 5) is 2.18. The number of hydrogen-bond donors (Lipinski definition) is 1. The average molecular weight is 488 g/mol. The number of ether oxygens (including phenoxy) is 4. The Morgan fingerprint density at radius 3 is 1.77 bits per heavy atom. The maximum atomic E-state index is 10.2. The van der Waals surface area contributed by atoms with E-state index in [-0.39, 0.29) is 5.75 Å². The van der Waals surface area contributed by atoms with Crippen molar-refractivity contribution in [2.24, 2.45) is 0 Å². The number of aromatic hydroxyl groups is 1. The largest absolute Gasteiger partial charge is 0.504 e. The van der Waals surface area contributed by atoms with Crippen molar-refractivity contribution in [3.05, 3.63) is 70.2 Å². The molecule has 0 aliphatic heterocycles. The first-order valence-corrected chi connectivity index (χ1v) is 10.4. The molecule has 3 aromatic carbocycles. The van der Waals surface area contributed by atoms with E-state index < -0.39 is 0 Å². The molecule has 3 rings (SSSR count). The molecule has 0 unspecified atom stereocenters. The molecule has 0 fully saturated rings. The van der Waals surface area contributed by atoms with Gasteiger partial charge in [-0.25, -0.2) is 0 Å². The summed E-state index contributed by atoms with van der Waals surface area (Å²) in [5.74, 6) is 2.24. The van der Waals surface area contributed by atoms with Crippen molar-refractivity contribution >= 4 is 21.6 Å². The summed E-state index contributed by atoms with van der Waals surface area (Å²) in [6.07, 6.45) is 0. The van der Waals surface area contributed by atoms with E-state index in [4.69, 9.17) is 18.9 Å². The number of benzene rings is 3. The third-order valence-corrected chi connectivity index (χ3v) is 5.45. The highest BCUT2D eigenvalue weighted by molar-refractivity contribution is 9.10. The van der Waals surface area contributed by atoms with Crippen LogP contribution >= 0.6 is 15.9 Å². The number of hydrogen-bond acceptors (Lipinski definition) is 6. The van der Waals surface area contributed by atoms with Gasteiger partial charge >= 0.3 is 0 Å². The minimum absolute atomic E-state index is 0.105. The van der Waals surface area contributed by atoms with Crippen LogP contribution in [0.15, 0.2) is 59.1 Å². The van der Waals surface area contributed by atoms with Crippen LogP contribution in [0.1, 0.15) is 11.1 Å². The molecule has 31 heavy (non-hydrogen) atoms. The fourth-order valence-electron chi connectivity index (χ4n) is 3.35. The number of phenolic OH excluding ortho intramolecular Hbond substituents is 1. The third kappa shape index (κ3) is 5.35. The molecule has 0 aromatic heterocycles. The second-order valence-corrected chi connectivity index (χ2v) is 7.79. The van der Waals surface area contributed by atoms with Gasteiger partial charge in [0.25, 0.3) is 0 Å². The highest BCUT2D eigenvalue weighted by Crippen LogP contribution is 2.42. The predicted molar refractivity (Wildman–Crippen MR) is 125 cm³/mol. The first-order valence-electron chi connectivity index (χ1n) is 9.64. The average Bonchev–Trinajstić information content (AvgIpc) is 2.79. The van der Waals surface area contributed by atoms with Gasteiger partial charge in [-0.05, 0) is 35.4 Å². The van der Waals surface area contributed by atoms with Crippen molar-refractivity contribution in [2.75, 3.05) is 33.3 Å². The molecule has 7 heteroatoms. The van der Waals surface area contributed by atoms with Gasteiger partial charge in [0, 0.05) is 35.4 Å². The van der Waals surface area contributed by atoms with Crippen LogP contribution in [0, 0.1) is 0 Å². The normalized spacial score (nSPS) is 10.5. The van der Waals surface area contributed by atoms with Crippen molar-refractivity contribution in [2.45, 2.75) is 13.1 Å². The summed E-state index contributed by atoms with van der Waals surface area (Å²) < 4.78 is 22.7. The van der Waals surface area contributed by atoms with Gasteiger partial charge in [-0.1, -0.05) is 34.1 Å². The summed E-state index contributed by atoms with van der Waals surface area (Å²) in [6, 6.07) is 17.4. The van der Waals surface area contributed by atoms with E-state index in [0.29, 0.717) is 36.1 Å². The Hall–Kier alpha value is -3.06. The number of methoxy groups -OCH3 is 4.